The summed E-state index contributed by atoms with van der Waals surface area (Å²) in [7, 11) is 1.52. The van der Waals surface area contributed by atoms with E-state index in [1.54, 1.807) is 36.4 Å². The smallest absolute Gasteiger partial charge is 0.262 e. The Morgan fingerprint density at radius 2 is 1.97 bits per heavy atom. The lowest BCUT2D eigenvalue weighted by molar-refractivity contribution is -0.121. The van der Waals surface area contributed by atoms with Crippen molar-refractivity contribution in [1.82, 2.24) is 15.0 Å². The van der Waals surface area contributed by atoms with Crippen LogP contribution in [0.15, 0.2) is 58.7 Å². The van der Waals surface area contributed by atoms with E-state index in [0.717, 1.165) is 11.3 Å². The number of hydrogen-bond donors (Lipinski definition) is 1. The minimum absolute atomic E-state index is 0.170. The van der Waals surface area contributed by atoms with Crippen LogP contribution in [0.4, 0.5) is 0 Å². The van der Waals surface area contributed by atoms with E-state index in [1.165, 1.54) is 35.6 Å². The molecule has 0 saturated carbocycles. The second kappa shape index (κ2) is 11.6. The number of aryl methyl sites for hydroxylation is 1. The molecule has 1 amide bonds. The first-order valence-corrected chi connectivity index (χ1v) is 12.5. The molecule has 8 nitrogen and oxygen atoms in total. The van der Waals surface area contributed by atoms with Crippen LogP contribution < -0.4 is 20.5 Å². The van der Waals surface area contributed by atoms with E-state index in [9.17, 15) is 9.59 Å². The standard InChI is InChI=1S/C25H22Cl2N4O4S/c1-3-16-10-17-24(36-16)28-14-31(25(17)33)12-23(32)30-29-11-15-7-8-21(22(9-15)34-2)35-13-18-19(26)5-4-6-20(18)27/h4-11,14H,3,12-13H2,1-2H3,(H,30,32)/b29-11+. The maximum absolute atomic E-state index is 12.6. The average molecular weight is 545 g/mol. The summed E-state index contributed by atoms with van der Waals surface area (Å²) in [6, 6.07) is 12.3. The van der Waals surface area contributed by atoms with Crippen LogP contribution in [-0.4, -0.2) is 28.8 Å². The molecule has 0 unspecified atom stereocenters. The third kappa shape index (κ3) is 5.87. The molecular weight excluding hydrogens is 523 g/mol. The van der Waals surface area contributed by atoms with Crippen molar-refractivity contribution in [2.24, 2.45) is 5.10 Å². The van der Waals surface area contributed by atoms with Crippen LogP contribution in [0, 0.1) is 0 Å². The molecule has 0 saturated heterocycles. The average Bonchev–Trinajstić information content (AvgIpc) is 3.30. The number of hydrogen-bond acceptors (Lipinski definition) is 7. The predicted molar refractivity (Wildman–Crippen MR) is 143 cm³/mol. The summed E-state index contributed by atoms with van der Waals surface area (Å²) in [5.41, 5.74) is 3.51. The summed E-state index contributed by atoms with van der Waals surface area (Å²) in [5, 5.41) is 5.52. The monoisotopic (exact) mass is 544 g/mol. The number of nitrogens with one attached hydrogen (secondary N) is 1. The van der Waals surface area contributed by atoms with Crippen LogP contribution in [0.5, 0.6) is 11.5 Å². The number of benzene rings is 2. The normalized spacial score (nSPS) is 11.2. The Hall–Kier alpha value is -3.40. The first-order valence-electron chi connectivity index (χ1n) is 10.9. The number of carbonyl (C=O) groups excluding carboxylic acids is 1. The van der Waals surface area contributed by atoms with E-state index in [2.05, 4.69) is 15.5 Å². The Labute approximate surface area is 221 Å². The highest BCUT2D eigenvalue weighted by atomic mass is 35.5. The summed E-state index contributed by atoms with van der Waals surface area (Å²) in [5.74, 6) is 0.516. The second-order valence-corrected chi connectivity index (χ2v) is 9.58. The van der Waals surface area contributed by atoms with E-state index >= 15 is 0 Å². The molecule has 1 N–H and O–H groups in total. The lowest BCUT2D eigenvalue weighted by Gasteiger charge is -2.13. The van der Waals surface area contributed by atoms with Gasteiger partial charge in [0.1, 0.15) is 18.0 Å². The van der Waals surface area contributed by atoms with Crippen LogP contribution >= 0.6 is 34.5 Å². The summed E-state index contributed by atoms with van der Waals surface area (Å²) >= 11 is 13.9. The van der Waals surface area contributed by atoms with Crippen LogP contribution in [0.1, 0.15) is 22.9 Å². The van der Waals surface area contributed by atoms with E-state index < -0.39 is 5.91 Å². The third-order valence-corrected chi connectivity index (χ3v) is 7.15. The number of thiophene rings is 1. The van der Waals surface area contributed by atoms with E-state index in [4.69, 9.17) is 32.7 Å². The number of rotatable bonds is 9. The van der Waals surface area contributed by atoms with Crippen molar-refractivity contribution in [3.63, 3.8) is 0 Å². The Bertz CT molecular complexity index is 1480. The van der Waals surface area contributed by atoms with Crippen molar-refractivity contribution in [1.29, 1.82) is 0 Å². The quantitative estimate of drug-likeness (QED) is 0.234. The summed E-state index contributed by atoms with van der Waals surface area (Å²) in [6.45, 7) is 1.99. The van der Waals surface area contributed by atoms with Gasteiger partial charge < -0.3 is 9.47 Å². The predicted octanol–water partition coefficient (Wildman–Crippen LogP) is 5.07. The molecule has 36 heavy (non-hydrogen) atoms. The molecule has 2 aromatic heterocycles. The molecule has 0 aliphatic heterocycles. The van der Waals surface area contributed by atoms with Crippen LogP contribution in [0.2, 0.25) is 10.0 Å². The van der Waals surface area contributed by atoms with Crippen molar-refractivity contribution in [2.45, 2.75) is 26.5 Å². The van der Waals surface area contributed by atoms with Gasteiger partial charge in [0, 0.05) is 20.5 Å². The number of hydrazone groups is 1. The van der Waals surface area contributed by atoms with Gasteiger partial charge in [-0.2, -0.15) is 5.10 Å². The summed E-state index contributed by atoms with van der Waals surface area (Å²) in [4.78, 5) is 31.0. The number of methoxy groups -OCH3 is 1. The fourth-order valence-corrected chi connectivity index (χ4v) is 4.80. The molecule has 11 heteroatoms. The molecule has 4 aromatic rings. The van der Waals surface area contributed by atoms with E-state index in [-0.39, 0.29) is 18.7 Å². The molecule has 0 radical (unpaired) electrons. The fourth-order valence-electron chi connectivity index (χ4n) is 3.37. The minimum Gasteiger partial charge on any atom is -0.493 e. The topological polar surface area (TPSA) is 94.8 Å². The number of ether oxygens (including phenoxy) is 2. The van der Waals surface area contributed by atoms with Crippen molar-refractivity contribution in [2.75, 3.05) is 7.11 Å². The molecule has 0 fully saturated rings. The van der Waals surface area contributed by atoms with Crippen molar-refractivity contribution >= 4 is 56.9 Å². The van der Waals surface area contributed by atoms with E-state index in [0.29, 0.717) is 42.9 Å². The third-order valence-electron chi connectivity index (χ3n) is 5.26. The summed E-state index contributed by atoms with van der Waals surface area (Å²) in [6.07, 6.45) is 3.67. The lowest BCUT2D eigenvalue weighted by Crippen LogP contribution is -2.29. The van der Waals surface area contributed by atoms with Crippen LogP contribution in [-0.2, 0) is 24.4 Å². The molecule has 0 bridgehead atoms. The minimum atomic E-state index is -0.455. The number of amides is 1. The van der Waals surface area contributed by atoms with Gasteiger partial charge in [-0.25, -0.2) is 10.4 Å². The molecule has 0 spiro atoms. The highest BCUT2D eigenvalue weighted by molar-refractivity contribution is 7.18. The number of halogens is 2. The number of nitrogens with zero attached hydrogens (tertiary/aromatic N) is 3. The molecule has 2 heterocycles. The van der Waals surface area contributed by atoms with Crippen molar-refractivity contribution in [3.05, 3.63) is 85.2 Å². The van der Waals surface area contributed by atoms with Gasteiger partial charge in [-0.3, -0.25) is 14.2 Å². The maximum Gasteiger partial charge on any atom is 0.262 e. The molecule has 0 aliphatic rings. The number of aromatic nitrogens is 2. The largest absolute Gasteiger partial charge is 0.493 e. The van der Waals surface area contributed by atoms with Crippen molar-refractivity contribution in [3.8, 4) is 11.5 Å². The zero-order valence-electron chi connectivity index (χ0n) is 19.5. The van der Waals surface area contributed by atoms with Crippen molar-refractivity contribution < 1.29 is 14.3 Å². The van der Waals surface area contributed by atoms with Gasteiger partial charge in [-0.05, 0) is 48.4 Å². The van der Waals surface area contributed by atoms with Gasteiger partial charge in [0.05, 0.1) is 25.0 Å². The van der Waals surface area contributed by atoms with Gasteiger partial charge in [-0.15, -0.1) is 11.3 Å². The van der Waals surface area contributed by atoms with Gasteiger partial charge in [-0.1, -0.05) is 36.2 Å². The van der Waals surface area contributed by atoms with Gasteiger partial charge in [0.15, 0.2) is 11.5 Å². The fraction of sp³-hybridized carbons (Fsp3) is 0.200. The van der Waals surface area contributed by atoms with Crippen LogP contribution in [0.3, 0.4) is 0 Å². The second-order valence-electron chi connectivity index (χ2n) is 7.66. The Morgan fingerprint density at radius 1 is 1.19 bits per heavy atom. The van der Waals surface area contributed by atoms with Gasteiger partial charge >= 0.3 is 0 Å². The zero-order valence-corrected chi connectivity index (χ0v) is 21.8. The number of fused-ring (bicyclic) bond motifs is 1. The highest BCUT2D eigenvalue weighted by Crippen LogP contribution is 2.31. The molecular formula is C25H22Cl2N4O4S. The molecule has 4 rings (SSSR count). The zero-order chi connectivity index (χ0) is 25.7. The highest BCUT2D eigenvalue weighted by Gasteiger charge is 2.12. The molecule has 0 atom stereocenters. The Balaban J connectivity index is 1.38. The summed E-state index contributed by atoms with van der Waals surface area (Å²) < 4.78 is 12.5. The van der Waals surface area contributed by atoms with Gasteiger partial charge in [0.2, 0.25) is 0 Å². The maximum atomic E-state index is 12.6. The van der Waals surface area contributed by atoms with E-state index in [1.807, 2.05) is 13.0 Å². The first-order chi connectivity index (χ1) is 17.4. The first kappa shape index (κ1) is 25.7. The van der Waals surface area contributed by atoms with Crippen LogP contribution in [0.25, 0.3) is 10.2 Å². The Morgan fingerprint density at radius 3 is 2.69 bits per heavy atom. The lowest BCUT2D eigenvalue weighted by atomic mass is 10.2. The SMILES string of the molecule is CCc1cc2c(=O)n(CC(=O)N/N=C/c3ccc(OCc4c(Cl)cccc4Cl)c(OC)c3)cnc2s1. The van der Waals surface area contributed by atoms with Gasteiger partial charge in [0.25, 0.3) is 11.5 Å². The molecule has 186 valence electrons. The number of carbonyl (C=O) groups is 1. The molecule has 0 aliphatic carbocycles. The molecule has 2 aromatic carbocycles. The Kier molecular flexibility index (Phi) is 8.25.